The lowest BCUT2D eigenvalue weighted by Crippen LogP contribution is -2.42. The minimum absolute atomic E-state index is 0.0782. The van der Waals surface area contributed by atoms with Gasteiger partial charge in [-0.2, -0.15) is 0 Å². The zero-order valence-corrected chi connectivity index (χ0v) is 15.0. The fourth-order valence-electron chi connectivity index (χ4n) is 2.77. The number of carbonyl (C=O) groups is 3. The fourth-order valence-corrected chi connectivity index (χ4v) is 4.06. The molecule has 130 valence electrons. The smallest absolute Gasteiger partial charge is 0.328 e. The van der Waals surface area contributed by atoms with Crippen LogP contribution in [-0.2, 0) is 9.59 Å². The van der Waals surface area contributed by atoms with Crippen molar-refractivity contribution >= 4 is 45.1 Å². The second kappa shape index (κ2) is 8.41. The quantitative estimate of drug-likeness (QED) is 0.644. The van der Waals surface area contributed by atoms with E-state index in [9.17, 15) is 14.4 Å². The second-order valence-corrected chi connectivity index (χ2v) is 7.96. The largest absolute Gasteiger partial charge is 0.478 e. The van der Waals surface area contributed by atoms with Gasteiger partial charge in [-0.05, 0) is 46.9 Å². The summed E-state index contributed by atoms with van der Waals surface area (Å²) in [6.45, 7) is 3.41. The fraction of sp³-hybridized carbons (Fsp3) is 0.400. The van der Waals surface area contributed by atoms with Gasteiger partial charge in [0.1, 0.15) is 0 Å². The van der Waals surface area contributed by atoms with Crippen LogP contribution < -0.4 is 5.32 Å². The Morgan fingerprint density at radius 3 is 2.29 bits per heavy atom. The number of carboxylic acid groups (broad SMARTS) is 2. The van der Waals surface area contributed by atoms with Crippen LogP contribution in [0, 0.1) is 5.92 Å². The van der Waals surface area contributed by atoms with Crippen LogP contribution in [-0.4, -0.2) is 58.6 Å². The molecule has 1 aromatic heterocycles. The van der Waals surface area contributed by atoms with E-state index in [2.05, 4.69) is 26.1 Å². The third-order valence-electron chi connectivity index (χ3n) is 3.81. The summed E-state index contributed by atoms with van der Waals surface area (Å²) in [7, 11) is 0. The number of nitrogens with one attached hydrogen (secondary N) is 1. The first-order chi connectivity index (χ1) is 11.3. The summed E-state index contributed by atoms with van der Waals surface area (Å²) in [5, 5.41) is 18.8. The van der Waals surface area contributed by atoms with E-state index in [1.165, 1.54) is 30.8 Å². The molecule has 2 aliphatic rings. The number of thiophene rings is 1. The Hall–Kier alpha value is -1.71. The summed E-state index contributed by atoms with van der Waals surface area (Å²) < 4.78 is 1.01. The van der Waals surface area contributed by atoms with Gasteiger partial charge in [-0.3, -0.25) is 4.79 Å². The Balaban J connectivity index is 0.000000224. The van der Waals surface area contributed by atoms with Crippen LogP contribution in [0.5, 0.6) is 0 Å². The molecule has 2 saturated heterocycles. The maximum Gasteiger partial charge on any atom is 0.328 e. The number of hydrogen-bond acceptors (Lipinski definition) is 5. The molecule has 24 heavy (non-hydrogen) atoms. The number of rotatable bonds is 4. The highest BCUT2D eigenvalue weighted by Crippen LogP contribution is 2.28. The van der Waals surface area contributed by atoms with Gasteiger partial charge in [-0.1, -0.05) is 0 Å². The molecular weight excluding hydrogens is 400 g/mol. The molecule has 3 heterocycles. The van der Waals surface area contributed by atoms with Crippen molar-refractivity contribution in [2.75, 3.05) is 19.6 Å². The van der Waals surface area contributed by atoms with Crippen molar-refractivity contribution in [3.63, 3.8) is 0 Å². The summed E-state index contributed by atoms with van der Waals surface area (Å²) in [4.78, 5) is 34.3. The molecule has 0 radical (unpaired) electrons. The maximum absolute atomic E-state index is 12.0. The Bertz CT molecular complexity index is 644. The van der Waals surface area contributed by atoms with Crippen molar-refractivity contribution in [3.05, 3.63) is 32.9 Å². The van der Waals surface area contributed by atoms with E-state index >= 15 is 0 Å². The molecule has 1 aromatic rings. The van der Waals surface area contributed by atoms with Gasteiger partial charge in [-0.25, -0.2) is 9.59 Å². The van der Waals surface area contributed by atoms with Crippen LogP contribution in [0.25, 0.3) is 0 Å². The lowest BCUT2D eigenvalue weighted by Gasteiger charge is -2.22. The molecule has 0 aliphatic carbocycles. The van der Waals surface area contributed by atoms with Crippen molar-refractivity contribution in [1.29, 1.82) is 0 Å². The number of amides is 1. The Kier molecular flexibility index (Phi) is 6.52. The molecule has 3 atom stereocenters. The third kappa shape index (κ3) is 5.43. The van der Waals surface area contributed by atoms with Crippen molar-refractivity contribution < 1.29 is 24.6 Å². The van der Waals surface area contributed by atoms with Gasteiger partial charge in [-0.15, -0.1) is 11.3 Å². The molecule has 1 amide bonds. The Labute approximate surface area is 151 Å². The number of hydrogen-bond donors (Lipinski definition) is 3. The van der Waals surface area contributed by atoms with Gasteiger partial charge in [0, 0.05) is 31.3 Å². The predicted octanol–water partition coefficient (Wildman–Crippen LogP) is 1.66. The van der Waals surface area contributed by atoms with Gasteiger partial charge in [0.2, 0.25) is 0 Å². The SMILES string of the molecule is O=C(NC1CN2CC[C@H]1C2)c1ccc(Br)s1.O=C(O)/C=C/C(=O)O. The van der Waals surface area contributed by atoms with Gasteiger partial charge in [0.15, 0.2) is 0 Å². The monoisotopic (exact) mass is 416 g/mol. The normalized spacial score (nSPS) is 24.5. The molecule has 7 nitrogen and oxygen atoms in total. The molecule has 3 N–H and O–H groups in total. The van der Waals surface area contributed by atoms with E-state index in [4.69, 9.17) is 10.2 Å². The first-order valence-corrected chi connectivity index (χ1v) is 8.88. The topological polar surface area (TPSA) is 107 Å². The first kappa shape index (κ1) is 18.6. The zero-order valence-electron chi connectivity index (χ0n) is 12.6. The van der Waals surface area contributed by atoms with E-state index < -0.39 is 11.9 Å². The Morgan fingerprint density at radius 2 is 1.88 bits per heavy atom. The summed E-state index contributed by atoms with van der Waals surface area (Å²) in [6, 6.07) is 4.16. The molecule has 2 fully saturated rings. The molecule has 2 bridgehead atoms. The van der Waals surface area contributed by atoms with E-state index in [0.29, 0.717) is 24.1 Å². The molecule has 0 spiro atoms. The van der Waals surface area contributed by atoms with Crippen LogP contribution in [0.15, 0.2) is 28.1 Å². The maximum atomic E-state index is 12.0. The van der Waals surface area contributed by atoms with Crippen molar-refractivity contribution in [1.82, 2.24) is 10.2 Å². The minimum Gasteiger partial charge on any atom is -0.478 e. The summed E-state index contributed by atoms with van der Waals surface area (Å²) in [5.41, 5.74) is 0. The summed E-state index contributed by atoms with van der Waals surface area (Å²) >= 11 is 4.87. The van der Waals surface area contributed by atoms with Crippen LogP contribution >= 0.6 is 27.3 Å². The average Bonchev–Trinajstić information content (AvgIpc) is 3.22. The van der Waals surface area contributed by atoms with Crippen LogP contribution in [0.3, 0.4) is 0 Å². The van der Waals surface area contributed by atoms with Gasteiger partial charge >= 0.3 is 11.9 Å². The van der Waals surface area contributed by atoms with E-state index in [1.807, 2.05) is 12.1 Å². The molecule has 0 saturated carbocycles. The van der Waals surface area contributed by atoms with Crippen molar-refractivity contribution in [2.45, 2.75) is 12.5 Å². The standard InChI is InChI=1S/C11H13BrN2OS.C4H4O4/c12-10-2-1-9(16-10)11(15)13-8-6-14-4-3-7(8)5-14;5-3(6)1-2-4(7)8/h1-2,7-8H,3-6H2,(H,13,15);1-2H,(H,5,6)(H,7,8)/b;2-1+/t7-,8?;/m0./s1. The molecular formula is C15H17BrN2O5S. The predicted molar refractivity (Wildman–Crippen MR) is 92.2 cm³/mol. The van der Waals surface area contributed by atoms with Crippen molar-refractivity contribution in [3.8, 4) is 0 Å². The minimum atomic E-state index is -1.26. The van der Waals surface area contributed by atoms with Gasteiger partial charge in [0.05, 0.1) is 8.66 Å². The molecule has 2 aliphatic heterocycles. The van der Waals surface area contributed by atoms with E-state index in [1.54, 1.807) is 0 Å². The van der Waals surface area contributed by atoms with Crippen LogP contribution in [0.1, 0.15) is 16.1 Å². The highest BCUT2D eigenvalue weighted by Gasteiger charge is 2.38. The molecule has 3 rings (SSSR count). The zero-order chi connectivity index (χ0) is 17.7. The number of halogens is 1. The number of nitrogens with zero attached hydrogens (tertiary/aromatic N) is 1. The first-order valence-electron chi connectivity index (χ1n) is 7.27. The summed E-state index contributed by atoms with van der Waals surface area (Å²) in [5.74, 6) is -1.76. The molecule has 2 unspecified atom stereocenters. The van der Waals surface area contributed by atoms with Gasteiger partial charge < -0.3 is 20.4 Å². The number of carboxylic acids is 2. The number of carbonyl (C=O) groups excluding carboxylic acids is 1. The Morgan fingerprint density at radius 1 is 1.21 bits per heavy atom. The lowest BCUT2D eigenvalue weighted by atomic mass is 10.00. The molecule has 9 heteroatoms. The number of piperidine rings is 1. The van der Waals surface area contributed by atoms with Crippen LogP contribution in [0.4, 0.5) is 0 Å². The highest BCUT2D eigenvalue weighted by molar-refractivity contribution is 9.11. The number of aliphatic carboxylic acids is 2. The van der Waals surface area contributed by atoms with Crippen LogP contribution in [0.2, 0.25) is 0 Å². The second-order valence-electron chi connectivity index (χ2n) is 5.50. The van der Waals surface area contributed by atoms with Gasteiger partial charge in [0.25, 0.3) is 5.91 Å². The van der Waals surface area contributed by atoms with E-state index in [-0.39, 0.29) is 5.91 Å². The number of fused-ring (bicyclic) bond motifs is 2. The van der Waals surface area contributed by atoms with Crippen molar-refractivity contribution in [2.24, 2.45) is 5.92 Å². The molecule has 0 aromatic carbocycles. The third-order valence-corrected chi connectivity index (χ3v) is 5.44. The summed E-state index contributed by atoms with van der Waals surface area (Å²) in [6.07, 6.45) is 2.35. The highest BCUT2D eigenvalue weighted by atomic mass is 79.9. The average molecular weight is 417 g/mol. The lowest BCUT2D eigenvalue weighted by molar-refractivity contribution is -0.134. The van der Waals surface area contributed by atoms with E-state index in [0.717, 1.165) is 15.2 Å².